The van der Waals surface area contributed by atoms with E-state index in [-0.39, 0.29) is 5.78 Å². The van der Waals surface area contributed by atoms with Crippen LogP contribution < -0.4 is 4.74 Å². The van der Waals surface area contributed by atoms with Crippen molar-refractivity contribution in [1.29, 1.82) is 0 Å². The van der Waals surface area contributed by atoms with Gasteiger partial charge in [0.1, 0.15) is 6.61 Å². The van der Waals surface area contributed by atoms with Gasteiger partial charge in [0.05, 0.1) is 17.5 Å². The van der Waals surface area contributed by atoms with E-state index in [4.69, 9.17) is 9.47 Å². The maximum atomic E-state index is 11.3. The van der Waals surface area contributed by atoms with Crippen molar-refractivity contribution in [2.45, 2.75) is 6.92 Å². The smallest absolute Gasteiger partial charge is 0.240 e. The molecule has 0 aliphatic rings. The number of nitrogens with zero attached hydrogens (tertiary/aromatic N) is 2. The highest BCUT2D eigenvalue weighted by molar-refractivity contribution is 5.98. The third kappa shape index (κ3) is 2.36. The number of ether oxygens (including phenoxy) is 2. The molecule has 0 amide bonds. The molecule has 0 saturated heterocycles. The third-order valence-electron chi connectivity index (χ3n) is 2.75. The van der Waals surface area contributed by atoms with Gasteiger partial charge in [0, 0.05) is 19.7 Å². The number of ketones is 1. The molecule has 96 valence electrons. The second-order valence-corrected chi connectivity index (χ2v) is 4.06. The van der Waals surface area contributed by atoms with Crippen LogP contribution in [0.3, 0.4) is 0 Å². The monoisotopic (exact) mass is 248 g/mol. The molecular weight excluding hydrogens is 232 g/mol. The van der Waals surface area contributed by atoms with Gasteiger partial charge < -0.3 is 9.47 Å². The largest absolute Gasteiger partial charge is 0.474 e. The number of aryl methyl sites for hydroxylation is 1. The van der Waals surface area contributed by atoms with Crippen LogP contribution in [0, 0.1) is 0 Å². The number of methoxy groups -OCH3 is 1. The van der Waals surface area contributed by atoms with Gasteiger partial charge in [-0.05, 0) is 19.1 Å². The molecule has 5 heteroatoms. The van der Waals surface area contributed by atoms with Crippen molar-refractivity contribution in [2.24, 2.45) is 7.05 Å². The van der Waals surface area contributed by atoms with Crippen molar-refractivity contribution in [2.75, 3.05) is 20.3 Å². The Labute approximate surface area is 105 Å². The van der Waals surface area contributed by atoms with Crippen molar-refractivity contribution in [3.8, 4) is 5.88 Å². The molecule has 18 heavy (non-hydrogen) atoms. The minimum atomic E-state index is 0.0416. The number of rotatable bonds is 5. The van der Waals surface area contributed by atoms with Gasteiger partial charge in [-0.1, -0.05) is 6.07 Å². The quantitative estimate of drug-likeness (QED) is 0.598. The number of hydrogen-bond acceptors (Lipinski definition) is 4. The molecule has 1 aromatic carbocycles. The highest BCUT2D eigenvalue weighted by atomic mass is 16.5. The van der Waals surface area contributed by atoms with Crippen LogP contribution in [0.4, 0.5) is 0 Å². The summed E-state index contributed by atoms with van der Waals surface area (Å²) in [6, 6.07) is 5.48. The first-order valence-corrected chi connectivity index (χ1v) is 5.73. The standard InChI is InChI=1S/C13H16N2O3/c1-9(16)10-4-5-11-12(8-10)15(2)14-13(11)18-7-6-17-3/h4-5,8H,6-7H2,1-3H3. The van der Waals surface area contributed by atoms with Crippen molar-refractivity contribution in [1.82, 2.24) is 9.78 Å². The minimum absolute atomic E-state index is 0.0416. The normalized spacial score (nSPS) is 10.8. The van der Waals surface area contributed by atoms with E-state index in [0.717, 1.165) is 10.9 Å². The van der Waals surface area contributed by atoms with Gasteiger partial charge in [-0.25, -0.2) is 0 Å². The summed E-state index contributed by atoms with van der Waals surface area (Å²) in [5.41, 5.74) is 1.56. The molecule has 5 nitrogen and oxygen atoms in total. The van der Waals surface area contributed by atoms with Crippen LogP contribution in [0.25, 0.3) is 10.9 Å². The maximum absolute atomic E-state index is 11.3. The van der Waals surface area contributed by atoms with Gasteiger partial charge in [0.25, 0.3) is 0 Å². The highest BCUT2D eigenvalue weighted by Gasteiger charge is 2.11. The van der Waals surface area contributed by atoms with E-state index in [1.165, 1.54) is 0 Å². The second-order valence-electron chi connectivity index (χ2n) is 4.06. The average molecular weight is 248 g/mol. The summed E-state index contributed by atoms with van der Waals surface area (Å²) in [4.78, 5) is 11.3. The number of hydrogen-bond donors (Lipinski definition) is 0. The van der Waals surface area contributed by atoms with Crippen molar-refractivity contribution in [3.05, 3.63) is 23.8 Å². The Morgan fingerprint density at radius 3 is 2.83 bits per heavy atom. The van der Waals surface area contributed by atoms with E-state index < -0.39 is 0 Å². The molecule has 2 rings (SSSR count). The van der Waals surface area contributed by atoms with Gasteiger partial charge in [0.15, 0.2) is 5.78 Å². The average Bonchev–Trinajstić information content (AvgIpc) is 2.66. The SMILES string of the molecule is COCCOc1nn(C)c2cc(C(C)=O)ccc12. The fourth-order valence-corrected chi connectivity index (χ4v) is 1.77. The van der Waals surface area contributed by atoms with E-state index in [1.807, 2.05) is 19.2 Å². The summed E-state index contributed by atoms with van der Waals surface area (Å²) < 4.78 is 12.2. The minimum Gasteiger partial charge on any atom is -0.474 e. The Balaban J connectivity index is 2.36. The molecule has 0 aliphatic heterocycles. The molecule has 0 spiro atoms. The number of Topliss-reactive ketones (excluding diaryl/α,β-unsaturated/α-hetero) is 1. The zero-order valence-corrected chi connectivity index (χ0v) is 10.8. The zero-order chi connectivity index (χ0) is 13.1. The Hall–Kier alpha value is -1.88. The van der Waals surface area contributed by atoms with Gasteiger partial charge in [0.2, 0.25) is 5.88 Å². The van der Waals surface area contributed by atoms with E-state index >= 15 is 0 Å². The number of benzene rings is 1. The lowest BCUT2D eigenvalue weighted by Crippen LogP contribution is -2.05. The molecule has 0 N–H and O–H groups in total. The van der Waals surface area contributed by atoms with Gasteiger partial charge in [-0.3, -0.25) is 9.48 Å². The van der Waals surface area contributed by atoms with Crippen LogP contribution >= 0.6 is 0 Å². The molecule has 1 aromatic heterocycles. The van der Waals surface area contributed by atoms with Crippen LogP contribution in [-0.4, -0.2) is 35.9 Å². The number of carbonyl (C=O) groups excluding carboxylic acids is 1. The molecular formula is C13H16N2O3. The van der Waals surface area contributed by atoms with E-state index in [1.54, 1.807) is 24.8 Å². The predicted molar refractivity (Wildman–Crippen MR) is 68.1 cm³/mol. The first kappa shape index (κ1) is 12.6. The fraction of sp³-hybridized carbons (Fsp3) is 0.385. The first-order valence-electron chi connectivity index (χ1n) is 5.73. The summed E-state index contributed by atoms with van der Waals surface area (Å²) >= 11 is 0. The Bertz CT molecular complexity index is 575. The van der Waals surface area contributed by atoms with E-state index in [0.29, 0.717) is 24.7 Å². The lowest BCUT2D eigenvalue weighted by Gasteiger charge is -2.01. The number of fused-ring (bicyclic) bond motifs is 1. The van der Waals surface area contributed by atoms with Crippen LogP contribution in [0.15, 0.2) is 18.2 Å². The predicted octanol–water partition coefficient (Wildman–Crippen LogP) is 1.80. The summed E-state index contributed by atoms with van der Waals surface area (Å²) in [5, 5.41) is 5.19. The highest BCUT2D eigenvalue weighted by Crippen LogP contribution is 2.25. The topological polar surface area (TPSA) is 53.4 Å². The van der Waals surface area contributed by atoms with Gasteiger partial charge >= 0.3 is 0 Å². The van der Waals surface area contributed by atoms with Gasteiger partial charge in [-0.2, -0.15) is 0 Å². The lowest BCUT2D eigenvalue weighted by molar-refractivity contribution is 0.101. The molecule has 0 bridgehead atoms. The van der Waals surface area contributed by atoms with Crippen molar-refractivity contribution >= 4 is 16.7 Å². The second kappa shape index (κ2) is 5.18. The van der Waals surface area contributed by atoms with Crippen LogP contribution in [0.1, 0.15) is 17.3 Å². The molecule has 0 radical (unpaired) electrons. The van der Waals surface area contributed by atoms with Gasteiger partial charge in [-0.15, -0.1) is 5.10 Å². The van der Waals surface area contributed by atoms with E-state index in [9.17, 15) is 4.79 Å². The molecule has 0 unspecified atom stereocenters. The number of carbonyl (C=O) groups is 1. The van der Waals surface area contributed by atoms with Crippen molar-refractivity contribution < 1.29 is 14.3 Å². The molecule has 0 saturated carbocycles. The maximum Gasteiger partial charge on any atom is 0.240 e. The lowest BCUT2D eigenvalue weighted by atomic mass is 10.1. The summed E-state index contributed by atoms with van der Waals surface area (Å²) in [5.74, 6) is 0.611. The molecule has 0 atom stereocenters. The van der Waals surface area contributed by atoms with E-state index in [2.05, 4.69) is 5.10 Å². The van der Waals surface area contributed by atoms with Crippen molar-refractivity contribution in [3.63, 3.8) is 0 Å². The molecule has 0 fully saturated rings. The summed E-state index contributed by atoms with van der Waals surface area (Å²) in [7, 11) is 3.45. The summed E-state index contributed by atoms with van der Waals surface area (Å²) in [6.07, 6.45) is 0. The Morgan fingerprint density at radius 1 is 1.39 bits per heavy atom. The molecule has 2 aromatic rings. The molecule has 0 aliphatic carbocycles. The third-order valence-corrected chi connectivity index (χ3v) is 2.75. The van der Waals surface area contributed by atoms with Crippen LogP contribution in [-0.2, 0) is 11.8 Å². The fourth-order valence-electron chi connectivity index (χ4n) is 1.77. The number of aromatic nitrogens is 2. The Morgan fingerprint density at radius 2 is 2.17 bits per heavy atom. The first-order chi connectivity index (χ1) is 8.63. The Kier molecular flexibility index (Phi) is 3.62. The summed E-state index contributed by atoms with van der Waals surface area (Å²) in [6.45, 7) is 2.52. The molecule has 1 heterocycles. The van der Waals surface area contributed by atoms with Crippen LogP contribution in [0.5, 0.6) is 5.88 Å². The zero-order valence-electron chi connectivity index (χ0n) is 10.8. The van der Waals surface area contributed by atoms with Crippen LogP contribution in [0.2, 0.25) is 0 Å².